The Balaban J connectivity index is 0.000000148. The number of nitrogens with zero attached hydrogens (tertiary/aromatic N) is 5. The molecule has 3 aromatic heterocycles. The molecule has 1 fully saturated rings. The molecular formula is C46H31Cl2N5O4S. The molecule has 0 radical (unpaired) electrons. The predicted molar refractivity (Wildman–Crippen MR) is 233 cm³/mol. The molecule has 0 amide bonds. The number of aryl methyl sites for hydroxylation is 1. The molecule has 0 spiro atoms. The number of halogens is 2. The smallest absolute Gasteiger partial charge is 0.290 e. The van der Waals surface area contributed by atoms with E-state index < -0.39 is 11.2 Å². The lowest BCUT2D eigenvalue weighted by Crippen LogP contribution is -2.42. The minimum Gasteiger partial charge on any atom is -0.290 e. The van der Waals surface area contributed by atoms with Crippen LogP contribution in [0.1, 0.15) is 42.0 Å². The Kier molecular flexibility index (Phi) is 10.6. The molecule has 3 aliphatic carbocycles. The molecule has 0 aliphatic heterocycles. The van der Waals surface area contributed by atoms with E-state index in [0.29, 0.717) is 43.1 Å². The quantitative estimate of drug-likeness (QED) is 0.167. The molecule has 1 saturated carbocycles. The van der Waals surface area contributed by atoms with E-state index in [0.717, 1.165) is 29.4 Å². The Bertz CT molecular complexity index is 3230. The van der Waals surface area contributed by atoms with Gasteiger partial charge in [-0.1, -0.05) is 102 Å². The highest BCUT2D eigenvalue weighted by Crippen LogP contribution is 2.33. The van der Waals surface area contributed by atoms with Gasteiger partial charge < -0.3 is 0 Å². The van der Waals surface area contributed by atoms with Gasteiger partial charge >= 0.3 is 11.4 Å². The lowest BCUT2D eigenvalue weighted by atomic mass is 9.92. The number of hydrogen-bond donors (Lipinski definition) is 0. The molecule has 3 heterocycles. The molecular weight excluding hydrogens is 790 g/mol. The molecule has 10 rings (SSSR count). The van der Waals surface area contributed by atoms with Gasteiger partial charge in [-0.05, 0) is 85.0 Å². The van der Waals surface area contributed by atoms with E-state index in [2.05, 4.69) is 47.0 Å². The molecule has 3 aliphatic rings. The van der Waals surface area contributed by atoms with Gasteiger partial charge in [0.2, 0.25) is 0 Å². The summed E-state index contributed by atoms with van der Waals surface area (Å²) in [5.74, 6) is 8.60. The summed E-state index contributed by atoms with van der Waals surface area (Å²) in [4.78, 5) is 55.7. The molecule has 0 unspecified atom stereocenters. The van der Waals surface area contributed by atoms with Crippen LogP contribution in [0.3, 0.4) is 0 Å². The van der Waals surface area contributed by atoms with Crippen LogP contribution in [-0.4, -0.2) is 23.3 Å². The Morgan fingerprint density at radius 1 is 0.724 bits per heavy atom. The zero-order valence-electron chi connectivity index (χ0n) is 30.9. The average molecular weight is 821 g/mol. The third-order valence-electron chi connectivity index (χ3n) is 10.1. The van der Waals surface area contributed by atoms with Crippen molar-refractivity contribution in [3.8, 4) is 46.7 Å². The number of benzene rings is 5. The highest BCUT2D eigenvalue weighted by molar-refractivity contribution is 7.16. The van der Waals surface area contributed by atoms with Crippen molar-refractivity contribution in [3.05, 3.63) is 189 Å². The van der Waals surface area contributed by atoms with Crippen LogP contribution in [0.4, 0.5) is 0 Å². The van der Waals surface area contributed by atoms with Crippen molar-refractivity contribution in [1.82, 2.24) is 23.3 Å². The van der Waals surface area contributed by atoms with Crippen LogP contribution >= 0.6 is 34.5 Å². The standard InChI is InChI=1S/C26H19ClN2O2.C14H8ClN3O2S.C6H4/c27-22-17-19(14-13-18-7-2-1-3-8-18)15-16-24(22)29-25(30)21-11-4-5-12-23(21)28(26(29)31)20-9-6-10-20;1-3-8-5-4-6-9(10(8)15)18-13(19)11-12(16-7-21-11)17(2)14(18)20;1-2-6-4-3-5(1)6/h1-5,7-8,11-12,15-17,20H,6,9-10H2;1,4-7H,2H3;1-4H. The Hall–Kier alpha value is -6.69. The second-order valence-electron chi connectivity index (χ2n) is 13.5. The first kappa shape index (κ1) is 38.2. The summed E-state index contributed by atoms with van der Waals surface area (Å²) in [6.45, 7) is 0. The Labute approximate surface area is 345 Å². The maximum absolute atomic E-state index is 13.4. The molecule has 284 valence electrons. The van der Waals surface area contributed by atoms with E-state index in [4.69, 9.17) is 29.6 Å². The van der Waals surface area contributed by atoms with E-state index in [-0.39, 0.29) is 28.0 Å². The summed E-state index contributed by atoms with van der Waals surface area (Å²) in [7, 11) is 1.55. The van der Waals surface area contributed by atoms with Crippen molar-refractivity contribution in [1.29, 1.82) is 0 Å². The molecule has 58 heavy (non-hydrogen) atoms. The van der Waals surface area contributed by atoms with Gasteiger partial charge in [0, 0.05) is 29.8 Å². The van der Waals surface area contributed by atoms with Gasteiger partial charge in [0.1, 0.15) is 4.70 Å². The van der Waals surface area contributed by atoms with Gasteiger partial charge in [0.15, 0.2) is 5.65 Å². The Morgan fingerprint density at radius 2 is 1.40 bits per heavy atom. The molecule has 7 aromatic rings. The lowest BCUT2D eigenvalue weighted by molar-refractivity contribution is 0.309. The van der Waals surface area contributed by atoms with Crippen molar-refractivity contribution < 1.29 is 0 Å². The average Bonchev–Trinajstić information content (AvgIpc) is 3.72. The highest BCUT2D eigenvalue weighted by Gasteiger charge is 2.26. The van der Waals surface area contributed by atoms with E-state index in [1.165, 1.54) is 37.1 Å². The van der Waals surface area contributed by atoms with Gasteiger partial charge in [-0.2, -0.15) is 0 Å². The van der Waals surface area contributed by atoms with Gasteiger partial charge in [-0.3, -0.25) is 18.7 Å². The minimum atomic E-state index is -0.519. The number of fused-ring (bicyclic) bond motifs is 3. The second kappa shape index (κ2) is 16.0. The van der Waals surface area contributed by atoms with Crippen molar-refractivity contribution >= 4 is 55.8 Å². The van der Waals surface area contributed by atoms with Crippen LogP contribution in [0.15, 0.2) is 140 Å². The number of thiazole rings is 1. The van der Waals surface area contributed by atoms with Crippen LogP contribution in [0, 0.1) is 24.2 Å². The van der Waals surface area contributed by atoms with E-state index in [1.54, 1.807) is 54.1 Å². The van der Waals surface area contributed by atoms with Crippen LogP contribution in [0.5, 0.6) is 0 Å². The van der Waals surface area contributed by atoms with Gasteiger partial charge in [-0.15, -0.1) is 17.8 Å². The van der Waals surface area contributed by atoms with Crippen molar-refractivity contribution in [3.63, 3.8) is 0 Å². The summed E-state index contributed by atoms with van der Waals surface area (Å²) in [5, 5.41) is 1.02. The number of terminal acetylenes is 1. The normalized spacial score (nSPS) is 12.2. The van der Waals surface area contributed by atoms with Gasteiger partial charge in [0.25, 0.3) is 11.1 Å². The zero-order chi connectivity index (χ0) is 40.5. The van der Waals surface area contributed by atoms with Gasteiger partial charge in [0.05, 0.1) is 37.8 Å². The van der Waals surface area contributed by atoms with Crippen LogP contribution in [0.25, 0.3) is 43.8 Å². The van der Waals surface area contributed by atoms with Gasteiger partial charge in [-0.25, -0.2) is 23.7 Å². The summed E-state index contributed by atoms with van der Waals surface area (Å²) >= 11 is 13.9. The number of rotatable bonds is 3. The third kappa shape index (κ3) is 6.99. The zero-order valence-corrected chi connectivity index (χ0v) is 33.2. The van der Waals surface area contributed by atoms with Crippen molar-refractivity contribution in [2.75, 3.05) is 0 Å². The molecule has 0 bridgehead atoms. The fraction of sp³-hybridized carbons (Fsp3) is 0.109. The summed E-state index contributed by atoms with van der Waals surface area (Å²) in [6.07, 6.45) is 8.32. The fourth-order valence-corrected chi connectivity index (χ4v) is 7.93. The summed E-state index contributed by atoms with van der Waals surface area (Å²) in [6, 6.07) is 35.6. The third-order valence-corrected chi connectivity index (χ3v) is 11.6. The fourth-order valence-electron chi connectivity index (χ4n) is 6.66. The molecule has 0 saturated heterocycles. The number of aromatic nitrogens is 5. The molecule has 0 atom stereocenters. The van der Waals surface area contributed by atoms with Crippen LogP contribution in [-0.2, 0) is 7.05 Å². The molecule has 9 nitrogen and oxygen atoms in total. The molecule has 4 aromatic carbocycles. The maximum Gasteiger partial charge on any atom is 0.337 e. The lowest BCUT2D eigenvalue weighted by Gasteiger charge is -2.29. The maximum atomic E-state index is 13.4. The highest BCUT2D eigenvalue weighted by atomic mass is 35.5. The number of para-hydroxylation sites is 1. The van der Waals surface area contributed by atoms with Crippen molar-refractivity contribution in [2.45, 2.75) is 25.3 Å². The topological polar surface area (TPSA) is 101 Å². The second-order valence-corrected chi connectivity index (χ2v) is 15.2. The van der Waals surface area contributed by atoms with Crippen LogP contribution in [0.2, 0.25) is 10.0 Å². The van der Waals surface area contributed by atoms with Crippen molar-refractivity contribution in [2.24, 2.45) is 7.05 Å². The largest absolute Gasteiger partial charge is 0.337 e. The first-order valence-corrected chi connectivity index (χ1v) is 19.8. The van der Waals surface area contributed by atoms with Crippen LogP contribution < -0.4 is 22.5 Å². The monoisotopic (exact) mass is 819 g/mol. The first-order valence-electron chi connectivity index (χ1n) is 18.2. The Morgan fingerprint density at radius 3 is 2.03 bits per heavy atom. The SMILES string of the molecule is C#Cc1cccc(-n2c(=O)c3scnc3n(C)c2=O)c1Cl.O=c1c2ccccc2n(C2CCC2)c(=O)n1-c1ccc(C#Cc2ccccc2)cc1Cl.c1cc2ccc1-2. The molecule has 12 heteroatoms. The molecule has 0 N–H and O–H groups in total. The van der Waals surface area contributed by atoms with E-state index >= 15 is 0 Å². The predicted octanol–water partition coefficient (Wildman–Crippen LogP) is 8.38. The number of hydrogen-bond acceptors (Lipinski definition) is 6. The summed E-state index contributed by atoms with van der Waals surface area (Å²) < 4.78 is 5.66. The summed E-state index contributed by atoms with van der Waals surface area (Å²) in [5.41, 5.74) is 6.42. The van der Waals surface area contributed by atoms with E-state index in [1.807, 2.05) is 48.5 Å². The van der Waals surface area contributed by atoms with E-state index in [9.17, 15) is 19.2 Å². The minimum absolute atomic E-state index is 0.110. The first-order chi connectivity index (χ1) is 28.2.